The molecule has 0 aromatic heterocycles. The highest BCUT2D eigenvalue weighted by atomic mass is 15.2. The first-order chi connectivity index (χ1) is 4.88. The molecule has 0 aliphatic carbocycles. The van der Waals surface area contributed by atoms with E-state index < -0.39 is 0 Å². The Hall–Kier alpha value is -0.120. The third kappa shape index (κ3) is 1.68. The monoisotopic (exact) mass is 143 g/mol. The van der Waals surface area contributed by atoms with Gasteiger partial charge in [0.1, 0.15) is 0 Å². The third-order valence-corrected chi connectivity index (χ3v) is 2.19. The Morgan fingerprint density at radius 2 is 2.20 bits per heavy atom. The number of hydrogen-bond acceptors (Lipinski definition) is 3. The average molecular weight is 143 g/mol. The summed E-state index contributed by atoms with van der Waals surface area (Å²) in [7, 11) is 0. The van der Waals surface area contributed by atoms with E-state index >= 15 is 0 Å². The van der Waals surface area contributed by atoms with Gasteiger partial charge in [-0.3, -0.25) is 4.90 Å². The van der Waals surface area contributed by atoms with E-state index in [9.17, 15) is 0 Å². The summed E-state index contributed by atoms with van der Waals surface area (Å²) < 4.78 is 0. The summed E-state index contributed by atoms with van der Waals surface area (Å²) in [6, 6.07) is 0.614. The third-order valence-electron chi connectivity index (χ3n) is 2.19. The highest BCUT2D eigenvalue weighted by molar-refractivity contribution is 4.79. The van der Waals surface area contributed by atoms with E-state index in [1.807, 2.05) is 0 Å². The van der Waals surface area contributed by atoms with E-state index in [1.54, 1.807) is 0 Å². The average Bonchev–Trinajstić information content (AvgIpc) is 2.36. The van der Waals surface area contributed by atoms with Crippen LogP contribution in [-0.4, -0.2) is 37.1 Å². The maximum absolute atomic E-state index is 5.57. The molecule has 3 nitrogen and oxygen atoms in total. The SMILES string of the molecule is NCCN1CCC[C@H]1CN. The number of nitrogens with zero attached hydrogens (tertiary/aromatic N) is 1. The lowest BCUT2D eigenvalue weighted by atomic mass is 10.2. The van der Waals surface area contributed by atoms with Crippen LogP contribution in [0.5, 0.6) is 0 Å². The van der Waals surface area contributed by atoms with E-state index in [4.69, 9.17) is 11.5 Å². The van der Waals surface area contributed by atoms with Gasteiger partial charge in [-0.05, 0) is 19.4 Å². The van der Waals surface area contributed by atoms with Gasteiger partial charge in [0.25, 0.3) is 0 Å². The van der Waals surface area contributed by atoms with Crippen molar-refractivity contribution in [1.82, 2.24) is 4.90 Å². The normalized spacial score (nSPS) is 27.6. The molecule has 0 amide bonds. The summed E-state index contributed by atoms with van der Waals surface area (Å²) in [4.78, 5) is 2.39. The number of hydrogen-bond donors (Lipinski definition) is 2. The molecule has 4 N–H and O–H groups in total. The van der Waals surface area contributed by atoms with Gasteiger partial charge >= 0.3 is 0 Å². The number of rotatable bonds is 3. The first-order valence-electron chi connectivity index (χ1n) is 4.02. The summed E-state index contributed by atoms with van der Waals surface area (Å²) in [6.45, 7) is 3.76. The first kappa shape index (κ1) is 7.98. The summed E-state index contributed by atoms with van der Waals surface area (Å²) in [5.74, 6) is 0. The highest BCUT2D eigenvalue weighted by Crippen LogP contribution is 2.14. The van der Waals surface area contributed by atoms with E-state index in [1.165, 1.54) is 19.4 Å². The Bertz CT molecular complexity index is 94.9. The predicted octanol–water partition coefficient (Wildman–Crippen LogP) is -0.632. The molecular weight excluding hydrogens is 126 g/mol. The quantitative estimate of drug-likeness (QED) is 0.553. The minimum Gasteiger partial charge on any atom is -0.329 e. The van der Waals surface area contributed by atoms with Gasteiger partial charge in [-0.1, -0.05) is 0 Å². The lowest BCUT2D eigenvalue weighted by Gasteiger charge is -2.21. The molecule has 0 bridgehead atoms. The van der Waals surface area contributed by atoms with Crippen molar-refractivity contribution < 1.29 is 0 Å². The molecule has 0 spiro atoms. The fourth-order valence-corrected chi connectivity index (χ4v) is 1.62. The zero-order valence-electron chi connectivity index (χ0n) is 6.42. The topological polar surface area (TPSA) is 55.3 Å². The van der Waals surface area contributed by atoms with Gasteiger partial charge in [0.15, 0.2) is 0 Å². The summed E-state index contributed by atoms with van der Waals surface area (Å²) in [5, 5.41) is 0. The molecule has 0 aromatic carbocycles. The molecule has 0 aromatic rings. The molecule has 0 radical (unpaired) electrons. The zero-order chi connectivity index (χ0) is 7.40. The van der Waals surface area contributed by atoms with Gasteiger partial charge in [-0.15, -0.1) is 0 Å². The van der Waals surface area contributed by atoms with Crippen LogP contribution in [0.1, 0.15) is 12.8 Å². The molecule has 1 saturated heterocycles. The molecule has 1 heterocycles. The summed E-state index contributed by atoms with van der Waals surface area (Å²) in [6.07, 6.45) is 2.55. The second kappa shape index (κ2) is 3.91. The minimum atomic E-state index is 0.614. The maximum Gasteiger partial charge on any atom is 0.0219 e. The number of likely N-dealkylation sites (tertiary alicyclic amines) is 1. The molecule has 1 fully saturated rings. The molecule has 1 atom stereocenters. The van der Waals surface area contributed by atoms with Crippen LogP contribution >= 0.6 is 0 Å². The highest BCUT2D eigenvalue weighted by Gasteiger charge is 2.21. The van der Waals surface area contributed by atoms with Gasteiger partial charge < -0.3 is 11.5 Å². The van der Waals surface area contributed by atoms with Gasteiger partial charge in [0.2, 0.25) is 0 Å². The molecule has 1 aliphatic rings. The van der Waals surface area contributed by atoms with Gasteiger partial charge in [-0.2, -0.15) is 0 Å². The van der Waals surface area contributed by atoms with Crippen molar-refractivity contribution >= 4 is 0 Å². The second-order valence-electron chi connectivity index (χ2n) is 2.86. The van der Waals surface area contributed by atoms with Crippen molar-refractivity contribution in [3.8, 4) is 0 Å². The molecule has 3 heteroatoms. The van der Waals surface area contributed by atoms with E-state index in [0.29, 0.717) is 6.04 Å². The van der Waals surface area contributed by atoms with Gasteiger partial charge in [0, 0.05) is 25.7 Å². The van der Waals surface area contributed by atoms with Crippen molar-refractivity contribution in [1.29, 1.82) is 0 Å². The van der Waals surface area contributed by atoms with Crippen LogP contribution in [0.4, 0.5) is 0 Å². The molecule has 0 unspecified atom stereocenters. The van der Waals surface area contributed by atoms with Crippen molar-refractivity contribution in [2.45, 2.75) is 18.9 Å². The van der Waals surface area contributed by atoms with Gasteiger partial charge in [-0.25, -0.2) is 0 Å². The van der Waals surface area contributed by atoms with Crippen LogP contribution in [0.2, 0.25) is 0 Å². The first-order valence-corrected chi connectivity index (χ1v) is 4.02. The lowest BCUT2D eigenvalue weighted by molar-refractivity contribution is 0.266. The van der Waals surface area contributed by atoms with Crippen LogP contribution in [-0.2, 0) is 0 Å². The number of nitrogens with two attached hydrogens (primary N) is 2. The van der Waals surface area contributed by atoms with E-state index in [-0.39, 0.29) is 0 Å². The molecular formula is C7H17N3. The standard InChI is InChI=1S/C7H17N3/c8-3-5-10-4-1-2-7(10)6-9/h7H,1-6,8-9H2/t7-/m0/s1. The summed E-state index contributed by atoms with van der Waals surface area (Å²) in [5.41, 5.74) is 11.0. The fraction of sp³-hybridized carbons (Fsp3) is 1.00. The lowest BCUT2D eigenvalue weighted by Crippen LogP contribution is -2.38. The molecule has 60 valence electrons. The predicted molar refractivity (Wildman–Crippen MR) is 42.7 cm³/mol. The van der Waals surface area contributed by atoms with Crippen LogP contribution in [0.3, 0.4) is 0 Å². The fourth-order valence-electron chi connectivity index (χ4n) is 1.62. The maximum atomic E-state index is 5.57. The molecule has 0 saturated carbocycles. The Kier molecular flexibility index (Phi) is 3.12. The van der Waals surface area contributed by atoms with Crippen molar-refractivity contribution in [3.63, 3.8) is 0 Å². The Morgan fingerprint density at radius 3 is 2.80 bits per heavy atom. The van der Waals surface area contributed by atoms with Crippen LogP contribution < -0.4 is 11.5 Å². The van der Waals surface area contributed by atoms with Crippen LogP contribution in [0.25, 0.3) is 0 Å². The van der Waals surface area contributed by atoms with Crippen molar-refractivity contribution in [3.05, 3.63) is 0 Å². The Labute approximate surface area is 62.4 Å². The van der Waals surface area contributed by atoms with Crippen LogP contribution in [0, 0.1) is 0 Å². The molecule has 1 rings (SSSR count). The Morgan fingerprint density at radius 1 is 1.40 bits per heavy atom. The van der Waals surface area contributed by atoms with Gasteiger partial charge in [0.05, 0.1) is 0 Å². The summed E-state index contributed by atoms with van der Waals surface area (Å²) >= 11 is 0. The molecule has 10 heavy (non-hydrogen) atoms. The van der Waals surface area contributed by atoms with Crippen molar-refractivity contribution in [2.24, 2.45) is 11.5 Å². The second-order valence-corrected chi connectivity index (χ2v) is 2.86. The molecule has 1 aliphatic heterocycles. The van der Waals surface area contributed by atoms with Crippen LogP contribution in [0.15, 0.2) is 0 Å². The van der Waals surface area contributed by atoms with Crippen molar-refractivity contribution in [2.75, 3.05) is 26.2 Å². The van der Waals surface area contributed by atoms with E-state index in [2.05, 4.69) is 4.90 Å². The Balaban J connectivity index is 2.27. The van der Waals surface area contributed by atoms with E-state index in [0.717, 1.165) is 19.6 Å². The smallest absolute Gasteiger partial charge is 0.0219 e. The zero-order valence-corrected chi connectivity index (χ0v) is 6.42. The minimum absolute atomic E-state index is 0.614. The largest absolute Gasteiger partial charge is 0.329 e.